The lowest BCUT2D eigenvalue weighted by Crippen LogP contribution is -2.40. The first-order chi connectivity index (χ1) is 8.36. The van der Waals surface area contributed by atoms with Gasteiger partial charge in [-0.2, -0.15) is 0 Å². The van der Waals surface area contributed by atoms with Crippen LogP contribution in [0.2, 0.25) is 0 Å². The Kier molecular flexibility index (Phi) is 12.5. The van der Waals surface area contributed by atoms with Gasteiger partial charge in [0.05, 0.1) is 0 Å². The summed E-state index contributed by atoms with van der Waals surface area (Å²) in [6, 6.07) is 1.74. The fraction of sp³-hybridized carbons (Fsp3) is 1.00. The van der Waals surface area contributed by atoms with Crippen molar-refractivity contribution in [2.45, 2.75) is 103 Å². The third-order valence-corrected chi connectivity index (χ3v) is 4.18. The van der Waals surface area contributed by atoms with Gasteiger partial charge in [-0.1, -0.05) is 65.2 Å². The molecule has 0 radical (unpaired) electrons. The summed E-state index contributed by atoms with van der Waals surface area (Å²) in [5.41, 5.74) is 0. The molecule has 0 aromatic rings. The molecule has 0 aromatic heterocycles. The monoisotopic (exact) mass is 275 g/mol. The number of hydrogen-bond donors (Lipinski definition) is 1. The molecule has 0 unspecified atom stereocenters. The van der Waals surface area contributed by atoms with Gasteiger partial charge >= 0.3 is 0 Å². The van der Waals surface area contributed by atoms with E-state index in [4.69, 9.17) is 0 Å². The second-order valence-electron chi connectivity index (χ2n) is 5.84. The van der Waals surface area contributed by atoms with Gasteiger partial charge in [0.2, 0.25) is 0 Å². The highest BCUT2D eigenvalue weighted by Crippen LogP contribution is 2.22. The lowest BCUT2D eigenvalue weighted by molar-refractivity contribution is 0.291. The van der Waals surface area contributed by atoms with Crippen LogP contribution in [0.5, 0.6) is 0 Å². The van der Waals surface area contributed by atoms with Crippen LogP contribution in [-0.4, -0.2) is 12.1 Å². The van der Waals surface area contributed by atoms with Gasteiger partial charge in [0, 0.05) is 12.1 Å². The first-order valence-corrected chi connectivity index (χ1v) is 8.12. The van der Waals surface area contributed by atoms with Crippen LogP contribution in [0.3, 0.4) is 0 Å². The predicted octanol–water partition coefficient (Wildman–Crippen LogP) is 5.47. The van der Waals surface area contributed by atoms with E-state index >= 15 is 0 Å². The van der Waals surface area contributed by atoms with E-state index in [2.05, 4.69) is 19.2 Å². The van der Waals surface area contributed by atoms with Gasteiger partial charge in [-0.3, -0.25) is 0 Å². The molecule has 0 amide bonds. The van der Waals surface area contributed by atoms with Crippen LogP contribution < -0.4 is 5.32 Å². The standard InChI is InChI=1S/C12H23N.C4H10.ClH/c1-3-7-11(8-4-1)13-12-9-5-2-6-10-12;1-3-4-2;/h11-13H,1-10H2;3-4H2,1-2H3;1H. The normalized spacial score (nSPS) is 21.7. The molecule has 110 valence electrons. The van der Waals surface area contributed by atoms with Crippen LogP contribution in [0.1, 0.15) is 90.9 Å². The Morgan fingerprint density at radius 1 is 0.667 bits per heavy atom. The number of rotatable bonds is 3. The van der Waals surface area contributed by atoms with E-state index in [-0.39, 0.29) is 12.4 Å². The van der Waals surface area contributed by atoms with Crippen LogP contribution in [0.4, 0.5) is 0 Å². The largest absolute Gasteiger partial charge is 0.311 e. The second-order valence-corrected chi connectivity index (χ2v) is 5.84. The molecule has 2 fully saturated rings. The van der Waals surface area contributed by atoms with Crippen molar-refractivity contribution in [1.29, 1.82) is 0 Å². The lowest BCUT2D eigenvalue weighted by atomic mass is 9.91. The maximum atomic E-state index is 3.86. The molecule has 0 saturated heterocycles. The van der Waals surface area contributed by atoms with Gasteiger partial charge in [0.15, 0.2) is 0 Å². The summed E-state index contributed by atoms with van der Waals surface area (Å²) >= 11 is 0. The van der Waals surface area contributed by atoms with Crippen molar-refractivity contribution in [2.75, 3.05) is 0 Å². The van der Waals surface area contributed by atoms with Crippen LogP contribution in [0.25, 0.3) is 0 Å². The summed E-state index contributed by atoms with van der Waals surface area (Å²) < 4.78 is 0. The highest BCUT2D eigenvalue weighted by atomic mass is 35.5. The first-order valence-electron chi connectivity index (χ1n) is 8.12. The zero-order chi connectivity index (χ0) is 12.3. The van der Waals surface area contributed by atoms with E-state index in [1.54, 1.807) is 0 Å². The number of nitrogens with one attached hydrogen (secondary N) is 1. The third-order valence-electron chi connectivity index (χ3n) is 4.18. The first kappa shape index (κ1) is 18.2. The van der Waals surface area contributed by atoms with Gasteiger partial charge in [0.25, 0.3) is 0 Å². The molecule has 2 aliphatic carbocycles. The average Bonchev–Trinajstić information content (AvgIpc) is 2.41. The van der Waals surface area contributed by atoms with Gasteiger partial charge in [-0.25, -0.2) is 0 Å². The second kappa shape index (κ2) is 12.3. The molecule has 2 rings (SSSR count). The van der Waals surface area contributed by atoms with Gasteiger partial charge in [0.1, 0.15) is 0 Å². The fourth-order valence-corrected chi connectivity index (χ4v) is 2.87. The molecule has 1 nitrogen and oxygen atoms in total. The van der Waals surface area contributed by atoms with Crippen molar-refractivity contribution in [3.05, 3.63) is 0 Å². The van der Waals surface area contributed by atoms with Crippen LogP contribution in [-0.2, 0) is 0 Å². The molecule has 2 heteroatoms. The Bertz CT molecular complexity index is 142. The van der Waals surface area contributed by atoms with Crippen molar-refractivity contribution in [1.82, 2.24) is 5.32 Å². The zero-order valence-corrected chi connectivity index (χ0v) is 13.4. The number of unbranched alkanes of at least 4 members (excludes halogenated alkanes) is 1. The smallest absolute Gasteiger partial charge is 0.00696 e. The summed E-state index contributed by atoms with van der Waals surface area (Å²) in [7, 11) is 0. The molecule has 0 bridgehead atoms. The van der Waals surface area contributed by atoms with Crippen molar-refractivity contribution < 1.29 is 0 Å². The minimum Gasteiger partial charge on any atom is -0.311 e. The Morgan fingerprint density at radius 2 is 1.00 bits per heavy atom. The van der Waals surface area contributed by atoms with Gasteiger partial charge < -0.3 is 5.32 Å². The average molecular weight is 276 g/mol. The minimum atomic E-state index is 0. The van der Waals surface area contributed by atoms with Crippen LogP contribution in [0.15, 0.2) is 0 Å². The highest BCUT2D eigenvalue weighted by Gasteiger charge is 2.19. The van der Waals surface area contributed by atoms with E-state index < -0.39 is 0 Å². The van der Waals surface area contributed by atoms with Crippen molar-refractivity contribution in [3.63, 3.8) is 0 Å². The van der Waals surface area contributed by atoms with Crippen molar-refractivity contribution in [2.24, 2.45) is 0 Å². The van der Waals surface area contributed by atoms with E-state index in [1.807, 2.05) is 0 Å². The van der Waals surface area contributed by atoms with Crippen LogP contribution >= 0.6 is 12.4 Å². The maximum absolute atomic E-state index is 3.86. The van der Waals surface area contributed by atoms with Gasteiger partial charge in [-0.15, -0.1) is 12.4 Å². The molecule has 0 aromatic carbocycles. The van der Waals surface area contributed by atoms with Crippen molar-refractivity contribution in [3.8, 4) is 0 Å². The Hall–Kier alpha value is 0.250. The van der Waals surface area contributed by atoms with Crippen molar-refractivity contribution >= 4 is 12.4 Å². The molecule has 0 atom stereocenters. The Morgan fingerprint density at radius 3 is 1.28 bits per heavy atom. The predicted molar refractivity (Wildman–Crippen MR) is 84.7 cm³/mol. The van der Waals surface area contributed by atoms with Crippen LogP contribution in [0, 0.1) is 0 Å². The molecular formula is C16H34ClN. The molecule has 0 aliphatic heterocycles. The quantitative estimate of drug-likeness (QED) is 0.720. The van der Waals surface area contributed by atoms with Gasteiger partial charge in [-0.05, 0) is 25.7 Å². The summed E-state index contributed by atoms with van der Waals surface area (Å²) in [5, 5.41) is 3.86. The molecule has 2 aliphatic rings. The van der Waals surface area contributed by atoms with E-state index in [1.165, 1.54) is 77.0 Å². The summed E-state index contributed by atoms with van der Waals surface area (Å²) in [6.45, 7) is 4.36. The molecule has 18 heavy (non-hydrogen) atoms. The fourth-order valence-electron chi connectivity index (χ4n) is 2.87. The van der Waals surface area contributed by atoms with E-state index in [0.717, 1.165) is 12.1 Å². The molecule has 2 saturated carbocycles. The summed E-state index contributed by atoms with van der Waals surface area (Å²) in [5.74, 6) is 0. The SMILES string of the molecule is C1CCC(NC2CCCCC2)CC1.CCCC.Cl. The third kappa shape index (κ3) is 8.37. The zero-order valence-electron chi connectivity index (χ0n) is 12.5. The molecule has 0 heterocycles. The van der Waals surface area contributed by atoms with E-state index in [0.29, 0.717) is 0 Å². The number of halogens is 1. The molecule has 1 N–H and O–H groups in total. The molecule has 0 spiro atoms. The highest BCUT2D eigenvalue weighted by molar-refractivity contribution is 5.85. The summed E-state index contributed by atoms with van der Waals surface area (Å²) in [4.78, 5) is 0. The maximum Gasteiger partial charge on any atom is 0.00696 e. The Labute approximate surface area is 121 Å². The lowest BCUT2D eigenvalue weighted by Gasteiger charge is -2.30. The Balaban J connectivity index is 0.000000512. The number of hydrogen-bond acceptors (Lipinski definition) is 1. The molecular weight excluding hydrogens is 242 g/mol. The topological polar surface area (TPSA) is 12.0 Å². The van der Waals surface area contributed by atoms with E-state index in [9.17, 15) is 0 Å². The summed E-state index contributed by atoms with van der Waals surface area (Å²) in [6.07, 6.45) is 17.2. The minimum absolute atomic E-state index is 0.